The number of nitrogens with one attached hydrogen (secondary N) is 1. The Kier molecular flexibility index (Phi) is 6.39. The number of hydrogen-bond donors (Lipinski definition) is 1. The quantitative estimate of drug-likeness (QED) is 0.612. The fraction of sp³-hybridized carbons (Fsp3) is 0.333. The van der Waals surface area contributed by atoms with E-state index in [0.717, 1.165) is 37.4 Å². The minimum absolute atomic E-state index is 0.346. The highest BCUT2D eigenvalue weighted by Gasteiger charge is 2.22. The molecule has 1 fully saturated rings. The van der Waals surface area contributed by atoms with Crippen LogP contribution in [0, 0.1) is 0 Å². The van der Waals surface area contributed by atoms with Gasteiger partial charge in [-0.3, -0.25) is 9.88 Å². The molecule has 1 aromatic carbocycles. The topological polar surface area (TPSA) is 54.5 Å². The van der Waals surface area contributed by atoms with Crippen LogP contribution in [0.4, 0.5) is 5.69 Å². The van der Waals surface area contributed by atoms with Gasteiger partial charge in [-0.1, -0.05) is 30.3 Å². The first kappa shape index (κ1) is 18.1. The van der Waals surface area contributed by atoms with Crippen LogP contribution in [0.15, 0.2) is 54.7 Å². The van der Waals surface area contributed by atoms with E-state index in [-0.39, 0.29) is 5.97 Å². The van der Waals surface area contributed by atoms with Crippen molar-refractivity contribution in [1.82, 2.24) is 9.88 Å². The number of anilines is 1. The molecular weight excluding hydrogens is 326 g/mol. The van der Waals surface area contributed by atoms with Gasteiger partial charge in [-0.05, 0) is 37.1 Å². The Balaban J connectivity index is 1.48. The van der Waals surface area contributed by atoms with Crippen molar-refractivity contribution in [3.8, 4) is 0 Å². The molecule has 0 radical (unpaired) electrons. The van der Waals surface area contributed by atoms with E-state index < -0.39 is 0 Å². The summed E-state index contributed by atoms with van der Waals surface area (Å²) in [5.41, 5.74) is 3.10. The van der Waals surface area contributed by atoms with Crippen molar-refractivity contribution in [2.24, 2.45) is 0 Å². The van der Waals surface area contributed by atoms with Gasteiger partial charge < -0.3 is 10.1 Å². The summed E-state index contributed by atoms with van der Waals surface area (Å²) in [6, 6.07) is 14.9. The smallest absolute Gasteiger partial charge is 0.330 e. The van der Waals surface area contributed by atoms with Crippen LogP contribution in [0.5, 0.6) is 0 Å². The molecule has 3 rings (SSSR count). The number of likely N-dealkylation sites (tertiary alicyclic amines) is 1. The number of ether oxygens (including phenoxy) is 1. The first-order valence-electron chi connectivity index (χ1n) is 9.06. The van der Waals surface area contributed by atoms with Crippen molar-refractivity contribution in [3.05, 3.63) is 66.0 Å². The van der Waals surface area contributed by atoms with Gasteiger partial charge >= 0.3 is 5.97 Å². The number of rotatable bonds is 7. The van der Waals surface area contributed by atoms with E-state index in [0.29, 0.717) is 12.6 Å². The molecule has 136 valence electrons. The van der Waals surface area contributed by atoms with Crippen LogP contribution < -0.4 is 5.32 Å². The van der Waals surface area contributed by atoms with Crippen LogP contribution in [0.2, 0.25) is 0 Å². The number of benzene rings is 1. The highest BCUT2D eigenvalue weighted by molar-refractivity contribution is 5.86. The molecule has 1 aliphatic rings. The van der Waals surface area contributed by atoms with Gasteiger partial charge in [0.15, 0.2) is 0 Å². The van der Waals surface area contributed by atoms with Crippen LogP contribution in [-0.4, -0.2) is 41.6 Å². The van der Waals surface area contributed by atoms with Crippen molar-refractivity contribution < 1.29 is 9.53 Å². The van der Waals surface area contributed by atoms with E-state index >= 15 is 0 Å². The van der Waals surface area contributed by atoms with E-state index in [1.54, 1.807) is 13.0 Å². The van der Waals surface area contributed by atoms with Crippen LogP contribution in [0.3, 0.4) is 0 Å². The van der Waals surface area contributed by atoms with Crippen LogP contribution in [0.25, 0.3) is 6.08 Å². The molecule has 1 N–H and O–H groups in total. The van der Waals surface area contributed by atoms with Gasteiger partial charge in [-0.2, -0.15) is 0 Å². The molecule has 0 saturated carbocycles. The molecule has 5 nitrogen and oxygen atoms in total. The SMILES string of the molecule is CCOC(=O)/C=C/c1ccc(N[C@@H]2CCN(Cc3ccccc3)C2)cn1. The maximum Gasteiger partial charge on any atom is 0.330 e. The normalized spacial score (nSPS) is 17.5. The van der Waals surface area contributed by atoms with Crippen molar-refractivity contribution in [3.63, 3.8) is 0 Å². The summed E-state index contributed by atoms with van der Waals surface area (Å²) in [5.74, 6) is -0.346. The van der Waals surface area contributed by atoms with Gasteiger partial charge in [0.2, 0.25) is 0 Å². The Morgan fingerprint density at radius 1 is 1.31 bits per heavy atom. The zero-order valence-electron chi connectivity index (χ0n) is 15.1. The molecule has 0 spiro atoms. The maximum absolute atomic E-state index is 11.3. The summed E-state index contributed by atoms with van der Waals surface area (Å²) in [7, 11) is 0. The summed E-state index contributed by atoms with van der Waals surface area (Å²) >= 11 is 0. The fourth-order valence-electron chi connectivity index (χ4n) is 3.10. The maximum atomic E-state index is 11.3. The lowest BCUT2D eigenvalue weighted by atomic mass is 10.2. The fourth-order valence-corrected chi connectivity index (χ4v) is 3.10. The highest BCUT2D eigenvalue weighted by atomic mass is 16.5. The van der Waals surface area contributed by atoms with Crippen molar-refractivity contribution >= 4 is 17.7 Å². The molecule has 0 amide bonds. The number of carbonyl (C=O) groups is 1. The zero-order valence-corrected chi connectivity index (χ0v) is 15.1. The third kappa shape index (κ3) is 5.43. The van der Waals surface area contributed by atoms with Gasteiger partial charge in [0, 0.05) is 31.8 Å². The van der Waals surface area contributed by atoms with Gasteiger partial charge in [0.1, 0.15) is 0 Å². The number of esters is 1. The molecule has 1 aliphatic heterocycles. The van der Waals surface area contributed by atoms with Crippen LogP contribution in [0.1, 0.15) is 24.6 Å². The summed E-state index contributed by atoms with van der Waals surface area (Å²) in [4.78, 5) is 18.2. The largest absolute Gasteiger partial charge is 0.463 e. The number of hydrogen-bond acceptors (Lipinski definition) is 5. The average molecular weight is 351 g/mol. The lowest BCUT2D eigenvalue weighted by molar-refractivity contribution is -0.137. The lowest BCUT2D eigenvalue weighted by Crippen LogP contribution is -2.26. The Morgan fingerprint density at radius 2 is 2.15 bits per heavy atom. The molecule has 5 heteroatoms. The van der Waals surface area contributed by atoms with Gasteiger partial charge in [0.05, 0.1) is 24.2 Å². The van der Waals surface area contributed by atoms with Crippen LogP contribution >= 0.6 is 0 Å². The lowest BCUT2D eigenvalue weighted by Gasteiger charge is -2.17. The second-order valence-electron chi connectivity index (χ2n) is 6.41. The van der Waals surface area contributed by atoms with Crippen molar-refractivity contribution in [2.75, 3.05) is 25.0 Å². The number of carbonyl (C=O) groups excluding carboxylic acids is 1. The zero-order chi connectivity index (χ0) is 18.2. The molecule has 1 atom stereocenters. The second-order valence-corrected chi connectivity index (χ2v) is 6.41. The third-order valence-corrected chi connectivity index (χ3v) is 4.36. The molecule has 1 saturated heterocycles. The number of aromatic nitrogens is 1. The second kappa shape index (κ2) is 9.15. The first-order valence-corrected chi connectivity index (χ1v) is 9.06. The Hall–Kier alpha value is -2.66. The predicted octanol–water partition coefficient (Wildman–Crippen LogP) is 3.34. The molecule has 2 heterocycles. The van der Waals surface area contributed by atoms with Crippen LogP contribution in [-0.2, 0) is 16.1 Å². The molecule has 0 aliphatic carbocycles. The number of nitrogens with zero attached hydrogens (tertiary/aromatic N) is 2. The summed E-state index contributed by atoms with van der Waals surface area (Å²) < 4.78 is 4.86. The molecule has 2 aromatic rings. The Labute approximate surface area is 154 Å². The summed E-state index contributed by atoms with van der Waals surface area (Å²) in [6.07, 6.45) is 6.00. The average Bonchev–Trinajstić information content (AvgIpc) is 3.09. The van der Waals surface area contributed by atoms with E-state index in [2.05, 4.69) is 45.5 Å². The summed E-state index contributed by atoms with van der Waals surface area (Å²) in [5, 5.41) is 3.55. The van der Waals surface area contributed by atoms with E-state index in [1.807, 2.05) is 18.3 Å². The Morgan fingerprint density at radius 3 is 2.88 bits per heavy atom. The monoisotopic (exact) mass is 351 g/mol. The van der Waals surface area contributed by atoms with E-state index in [4.69, 9.17) is 4.74 Å². The van der Waals surface area contributed by atoms with Crippen molar-refractivity contribution in [1.29, 1.82) is 0 Å². The van der Waals surface area contributed by atoms with Gasteiger partial charge in [-0.25, -0.2) is 4.79 Å². The Bertz CT molecular complexity index is 729. The van der Waals surface area contributed by atoms with Gasteiger partial charge in [-0.15, -0.1) is 0 Å². The van der Waals surface area contributed by atoms with Crippen molar-refractivity contribution in [2.45, 2.75) is 25.9 Å². The molecule has 0 bridgehead atoms. The van der Waals surface area contributed by atoms with Gasteiger partial charge in [0.25, 0.3) is 0 Å². The third-order valence-electron chi connectivity index (χ3n) is 4.36. The standard InChI is InChI=1S/C21H25N3O2/c1-2-26-21(25)11-10-18-8-9-19(14-22-18)23-20-12-13-24(16-20)15-17-6-4-3-5-7-17/h3-11,14,20,23H,2,12-13,15-16H2,1H3/b11-10+/t20-/m1/s1. The first-order chi connectivity index (χ1) is 12.7. The minimum Gasteiger partial charge on any atom is -0.463 e. The van der Waals surface area contributed by atoms with E-state index in [9.17, 15) is 4.79 Å². The minimum atomic E-state index is -0.346. The number of pyridine rings is 1. The highest BCUT2D eigenvalue weighted by Crippen LogP contribution is 2.18. The predicted molar refractivity (Wildman–Crippen MR) is 104 cm³/mol. The molecular formula is C21H25N3O2. The summed E-state index contributed by atoms with van der Waals surface area (Å²) in [6.45, 7) is 5.28. The molecule has 0 unspecified atom stereocenters. The molecule has 26 heavy (non-hydrogen) atoms. The molecule has 1 aromatic heterocycles. The van der Waals surface area contributed by atoms with E-state index in [1.165, 1.54) is 11.6 Å².